The van der Waals surface area contributed by atoms with Crippen molar-refractivity contribution < 1.29 is 0 Å². The first-order valence-electron chi connectivity index (χ1n) is 13.9. The average molecular weight is 563 g/mol. The number of hydrogen-bond acceptors (Lipinski definition) is 9. The van der Waals surface area contributed by atoms with Crippen LogP contribution in [0.15, 0.2) is 122 Å². The number of aromatic nitrogens is 6. The van der Waals surface area contributed by atoms with Gasteiger partial charge in [0.05, 0.1) is 33.1 Å². The molecule has 3 aromatic carbocycles. The molecule has 12 heteroatoms. The third-order valence-electron chi connectivity index (χ3n) is 8.06. The summed E-state index contributed by atoms with van der Waals surface area (Å²) in [6, 6.07) is 23.8. The molecule has 0 radical (unpaired) electrons. The standard InChI is InChI=1S/C31H22N12/c1-18-19(2)27-36-28(41-16-33-21-10-4-7-13-24(21)41)37-31-39-29(42-17-34-22-11-5-8-14-25(22)42)38-30(43(27)31)35-26(18)40-15-32-20-9-3-6-12-23(20)40/h3-17,19H,1-2H3. The Morgan fingerprint density at radius 2 is 0.953 bits per heavy atom. The van der Waals surface area contributed by atoms with Crippen LogP contribution in [0, 0.1) is 5.92 Å². The first-order chi connectivity index (χ1) is 21.1. The molecular weight excluding hydrogens is 540 g/mol. The maximum atomic E-state index is 5.16. The molecule has 0 saturated heterocycles. The van der Waals surface area contributed by atoms with Crippen LogP contribution in [-0.2, 0) is 0 Å². The van der Waals surface area contributed by atoms with E-state index in [1.807, 2.05) is 91.4 Å². The molecule has 0 amide bonds. The summed E-state index contributed by atoms with van der Waals surface area (Å²) in [5.41, 5.74) is 6.31. The van der Waals surface area contributed by atoms with Crippen molar-refractivity contribution in [3.05, 3.63) is 97.4 Å². The number of fused-ring (bicyclic) bond motifs is 3. The smallest absolute Gasteiger partial charge is 0.244 e. The lowest BCUT2D eigenvalue weighted by Crippen LogP contribution is -2.49. The van der Waals surface area contributed by atoms with Crippen molar-refractivity contribution in [2.75, 3.05) is 0 Å². The molecule has 0 spiro atoms. The number of nitrogens with zero attached hydrogens (tertiary/aromatic N) is 12. The van der Waals surface area contributed by atoms with Gasteiger partial charge in [0, 0.05) is 5.92 Å². The van der Waals surface area contributed by atoms with Gasteiger partial charge in [0.2, 0.25) is 23.8 Å². The van der Waals surface area contributed by atoms with Crippen molar-refractivity contribution in [2.24, 2.45) is 30.9 Å². The van der Waals surface area contributed by atoms with E-state index in [0.717, 1.165) is 50.3 Å². The molecule has 9 rings (SSSR count). The highest BCUT2D eigenvalue weighted by atomic mass is 15.5. The molecule has 206 valence electrons. The number of para-hydroxylation sites is 6. The Morgan fingerprint density at radius 3 is 1.53 bits per heavy atom. The van der Waals surface area contributed by atoms with Crippen molar-refractivity contribution in [3.8, 4) is 0 Å². The number of aliphatic imine (C=N–C) groups is 5. The monoisotopic (exact) mass is 562 g/mol. The molecule has 6 aromatic rings. The molecule has 43 heavy (non-hydrogen) atoms. The van der Waals surface area contributed by atoms with Crippen LogP contribution in [0.4, 0.5) is 0 Å². The molecule has 0 saturated carbocycles. The number of rotatable bonds is 1. The van der Waals surface area contributed by atoms with Crippen molar-refractivity contribution >= 4 is 68.6 Å². The summed E-state index contributed by atoms with van der Waals surface area (Å²) in [7, 11) is 0. The van der Waals surface area contributed by atoms with Crippen LogP contribution in [-0.4, -0.2) is 63.2 Å². The zero-order valence-electron chi connectivity index (χ0n) is 23.1. The third kappa shape index (κ3) is 3.43. The Labute approximate surface area is 244 Å². The lowest BCUT2D eigenvalue weighted by molar-refractivity contribution is 0.754. The second-order valence-corrected chi connectivity index (χ2v) is 10.5. The molecule has 1 unspecified atom stereocenters. The van der Waals surface area contributed by atoms with Gasteiger partial charge in [0.25, 0.3) is 0 Å². The zero-order valence-corrected chi connectivity index (χ0v) is 23.1. The summed E-state index contributed by atoms with van der Waals surface area (Å²) in [6.07, 6.45) is 5.27. The fraction of sp³-hybridized carbons (Fsp3) is 0.0968. The highest BCUT2D eigenvalue weighted by molar-refractivity contribution is 6.29. The predicted molar refractivity (Wildman–Crippen MR) is 167 cm³/mol. The van der Waals surface area contributed by atoms with E-state index in [1.165, 1.54) is 0 Å². The maximum absolute atomic E-state index is 5.16. The number of imidazole rings is 3. The third-order valence-corrected chi connectivity index (χ3v) is 8.06. The normalized spacial score (nSPS) is 18.3. The van der Waals surface area contributed by atoms with Gasteiger partial charge in [-0.2, -0.15) is 25.0 Å². The summed E-state index contributed by atoms with van der Waals surface area (Å²) >= 11 is 0. The minimum Gasteiger partial charge on any atom is -0.283 e. The van der Waals surface area contributed by atoms with E-state index >= 15 is 0 Å². The van der Waals surface area contributed by atoms with Crippen LogP contribution in [0.2, 0.25) is 0 Å². The second kappa shape index (κ2) is 8.73. The van der Waals surface area contributed by atoms with Gasteiger partial charge in [-0.15, -0.1) is 0 Å². The molecule has 3 aromatic heterocycles. The fourth-order valence-electron chi connectivity index (χ4n) is 5.70. The quantitative estimate of drug-likeness (QED) is 0.285. The topological polar surface area (TPSA) is 118 Å². The minimum absolute atomic E-state index is 0.159. The highest BCUT2D eigenvalue weighted by Gasteiger charge is 2.39. The van der Waals surface area contributed by atoms with Crippen LogP contribution in [0.25, 0.3) is 38.9 Å². The Balaban J connectivity index is 1.31. The van der Waals surface area contributed by atoms with Crippen LogP contribution < -0.4 is 0 Å². The number of amidine groups is 1. The van der Waals surface area contributed by atoms with Gasteiger partial charge in [-0.05, 0) is 48.9 Å². The number of hydrogen-bond donors (Lipinski definition) is 0. The Bertz CT molecular complexity index is 2340. The number of guanidine groups is 2. The van der Waals surface area contributed by atoms with Gasteiger partial charge in [-0.3, -0.25) is 13.7 Å². The van der Waals surface area contributed by atoms with Gasteiger partial charge < -0.3 is 0 Å². The van der Waals surface area contributed by atoms with Crippen LogP contribution in [0.5, 0.6) is 0 Å². The molecule has 3 aliphatic rings. The first kappa shape index (κ1) is 23.6. The van der Waals surface area contributed by atoms with Crippen LogP contribution in [0.3, 0.4) is 0 Å². The van der Waals surface area contributed by atoms with E-state index in [9.17, 15) is 0 Å². The highest BCUT2D eigenvalue weighted by Crippen LogP contribution is 2.32. The van der Waals surface area contributed by atoms with E-state index in [1.54, 1.807) is 19.0 Å². The number of benzene rings is 3. The van der Waals surface area contributed by atoms with Crippen molar-refractivity contribution in [2.45, 2.75) is 13.8 Å². The van der Waals surface area contributed by atoms with E-state index in [0.29, 0.717) is 23.8 Å². The fourth-order valence-corrected chi connectivity index (χ4v) is 5.70. The SMILES string of the molecule is CC1=C(n2cnc3ccccc32)N=C2N=C(n3cnc4ccccc43)N=C3N=C(n4cnc5ccccc54)N=C(C1C)N32. The molecule has 6 heterocycles. The lowest BCUT2D eigenvalue weighted by Gasteiger charge is -2.31. The van der Waals surface area contributed by atoms with Crippen LogP contribution >= 0.6 is 0 Å². The van der Waals surface area contributed by atoms with Gasteiger partial charge in [0.15, 0.2) is 0 Å². The Kier molecular flexibility index (Phi) is 4.80. The molecular formula is C31H22N12. The van der Waals surface area contributed by atoms with E-state index in [-0.39, 0.29) is 5.92 Å². The summed E-state index contributed by atoms with van der Waals surface area (Å²) in [6.45, 7) is 4.18. The summed E-state index contributed by atoms with van der Waals surface area (Å²) in [5.74, 6) is 2.97. The molecule has 0 aliphatic carbocycles. The maximum Gasteiger partial charge on any atom is 0.244 e. The molecule has 0 N–H and O–H groups in total. The van der Waals surface area contributed by atoms with Crippen LogP contribution in [0.1, 0.15) is 13.8 Å². The van der Waals surface area contributed by atoms with E-state index in [2.05, 4.69) is 28.8 Å². The Hall–Kier alpha value is -6.04. The predicted octanol–water partition coefficient (Wildman–Crippen LogP) is 4.82. The Morgan fingerprint density at radius 1 is 0.512 bits per heavy atom. The molecule has 0 bridgehead atoms. The lowest BCUT2D eigenvalue weighted by atomic mass is 10.0. The minimum atomic E-state index is -0.159. The van der Waals surface area contributed by atoms with Gasteiger partial charge in [-0.1, -0.05) is 43.3 Å². The first-order valence-corrected chi connectivity index (χ1v) is 13.9. The summed E-state index contributed by atoms with van der Waals surface area (Å²) in [5, 5.41) is 0. The molecule has 1 atom stereocenters. The van der Waals surface area contributed by atoms with E-state index < -0.39 is 0 Å². The van der Waals surface area contributed by atoms with Crippen molar-refractivity contribution in [1.82, 2.24) is 33.6 Å². The largest absolute Gasteiger partial charge is 0.283 e. The average Bonchev–Trinajstić information content (AvgIpc) is 3.77. The summed E-state index contributed by atoms with van der Waals surface area (Å²) < 4.78 is 5.75. The molecule has 12 nitrogen and oxygen atoms in total. The summed E-state index contributed by atoms with van der Waals surface area (Å²) in [4.78, 5) is 40.7. The van der Waals surface area contributed by atoms with Gasteiger partial charge in [-0.25, -0.2) is 19.9 Å². The van der Waals surface area contributed by atoms with Gasteiger partial charge in [0.1, 0.15) is 30.6 Å². The van der Waals surface area contributed by atoms with Gasteiger partial charge >= 0.3 is 0 Å². The second-order valence-electron chi connectivity index (χ2n) is 10.5. The molecule has 3 aliphatic heterocycles. The van der Waals surface area contributed by atoms with Crippen molar-refractivity contribution in [1.29, 1.82) is 0 Å². The van der Waals surface area contributed by atoms with Crippen molar-refractivity contribution in [3.63, 3.8) is 0 Å². The molecule has 0 fully saturated rings. The zero-order chi connectivity index (χ0) is 28.7. The van der Waals surface area contributed by atoms with E-state index in [4.69, 9.17) is 25.0 Å².